The summed E-state index contributed by atoms with van der Waals surface area (Å²) >= 11 is 1.90. The Balaban J connectivity index is 1.39. The molecule has 1 unspecified atom stereocenters. The van der Waals surface area contributed by atoms with Crippen molar-refractivity contribution in [2.24, 2.45) is 5.92 Å². The molecule has 1 saturated heterocycles. The van der Waals surface area contributed by atoms with Crippen LogP contribution in [0.15, 0.2) is 30.5 Å². The number of hydrogen-bond acceptors (Lipinski definition) is 5. The zero-order valence-electron chi connectivity index (χ0n) is 18.7. The first kappa shape index (κ1) is 23.9. The molecule has 1 atom stereocenters. The second-order valence-electron chi connectivity index (χ2n) is 8.57. The lowest BCUT2D eigenvalue weighted by Crippen LogP contribution is -2.28. The number of hydrogen-bond donors (Lipinski definition) is 1. The van der Waals surface area contributed by atoms with Gasteiger partial charge in [0.1, 0.15) is 0 Å². The van der Waals surface area contributed by atoms with Gasteiger partial charge in [0, 0.05) is 37.6 Å². The van der Waals surface area contributed by atoms with Crippen LogP contribution in [-0.2, 0) is 4.79 Å². The van der Waals surface area contributed by atoms with Gasteiger partial charge in [-0.1, -0.05) is 31.0 Å². The van der Waals surface area contributed by atoms with Crippen LogP contribution in [0.4, 0.5) is 4.39 Å². The maximum Gasteiger partial charge on any atom is 0.210 e. The molecular weight excluding hydrogens is 413 g/mol. The highest BCUT2D eigenvalue weighted by atomic mass is 32.2. The molecule has 0 spiro atoms. The highest BCUT2D eigenvalue weighted by Gasteiger charge is 2.28. The first-order chi connectivity index (χ1) is 15.1. The molecule has 1 aromatic rings. The van der Waals surface area contributed by atoms with E-state index in [-0.39, 0.29) is 5.82 Å². The first-order valence-corrected chi connectivity index (χ1v) is 12.4. The summed E-state index contributed by atoms with van der Waals surface area (Å²) in [7, 11) is 1.82. The summed E-state index contributed by atoms with van der Waals surface area (Å²) in [5.41, 5.74) is 2.01. The van der Waals surface area contributed by atoms with Crippen molar-refractivity contribution in [2.45, 2.75) is 51.0 Å². The van der Waals surface area contributed by atoms with E-state index in [9.17, 15) is 9.18 Å². The topological polar surface area (TPSA) is 44.8 Å². The Bertz CT molecular complexity index is 729. The molecule has 172 valence electrons. The van der Waals surface area contributed by atoms with Gasteiger partial charge in [0.25, 0.3) is 0 Å². The van der Waals surface area contributed by atoms with E-state index >= 15 is 0 Å². The van der Waals surface area contributed by atoms with Gasteiger partial charge in [0.2, 0.25) is 6.41 Å². The number of carbonyl (C=O) groups is 1. The number of halogens is 1. The zero-order chi connectivity index (χ0) is 22.1. The summed E-state index contributed by atoms with van der Waals surface area (Å²) in [5, 5.41) is 2.98. The minimum absolute atomic E-state index is 0.260. The lowest BCUT2D eigenvalue weighted by atomic mass is 10.1. The molecule has 1 aliphatic heterocycles. The standard InChI is InChI=1S/C24H36FN3O2S/c1-19(26-2)16-27(18-29)12-4-3-5-14-31-28-13-6-7-23(28)21-10-11-22(25)24(15-21)30-17-20-8-9-20/h10-11,15,18,20,23,26H,1,3-9,12-14,16-17H2,2H3. The van der Waals surface area contributed by atoms with Crippen molar-refractivity contribution in [3.05, 3.63) is 41.9 Å². The van der Waals surface area contributed by atoms with Crippen molar-refractivity contribution in [3.63, 3.8) is 0 Å². The number of ether oxygens (including phenoxy) is 1. The predicted octanol–water partition coefficient (Wildman–Crippen LogP) is 4.76. The monoisotopic (exact) mass is 449 g/mol. The number of nitrogens with one attached hydrogen (secondary N) is 1. The van der Waals surface area contributed by atoms with E-state index in [0.717, 1.165) is 68.6 Å². The van der Waals surface area contributed by atoms with Gasteiger partial charge in [-0.3, -0.25) is 4.79 Å². The summed E-state index contributed by atoms with van der Waals surface area (Å²) in [6, 6.07) is 5.71. The molecule has 0 radical (unpaired) electrons. The molecule has 1 aromatic carbocycles. The van der Waals surface area contributed by atoms with Crippen LogP contribution in [0.25, 0.3) is 0 Å². The number of nitrogens with zero attached hydrogens (tertiary/aromatic N) is 2. The van der Waals surface area contributed by atoms with Crippen molar-refractivity contribution in [1.82, 2.24) is 14.5 Å². The van der Waals surface area contributed by atoms with E-state index in [4.69, 9.17) is 4.74 Å². The lowest BCUT2D eigenvalue weighted by Gasteiger charge is -2.24. The van der Waals surface area contributed by atoms with Crippen molar-refractivity contribution in [3.8, 4) is 5.75 Å². The van der Waals surface area contributed by atoms with Gasteiger partial charge in [0.15, 0.2) is 11.6 Å². The molecule has 7 heteroatoms. The highest BCUT2D eigenvalue weighted by Crippen LogP contribution is 2.39. The molecule has 2 fully saturated rings. The Morgan fingerprint density at radius 1 is 1.35 bits per heavy atom. The number of amides is 1. The summed E-state index contributed by atoms with van der Waals surface area (Å²) in [4.78, 5) is 12.9. The van der Waals surface area contributed by atoms with Crippen molar-refractivity contribution >= 4 is 18.4 Å². The Hall–Kier alpha value is -1.73. The molecule has 0 bridgehead atoms. The van der Waals surface area contributed by atoms with Crippen LogP contribution in [0.5, 0.6) is 5.75 Å². The molecule has 3 rings (SSSR count). The summed E-state index contributed by atoms with van der Waals surface area (Å²) in [6.07, 6.45) is 8.78. The van der Waals surface area contributed by atoms with Gasteiger partial charge < -0.3 is 15.0 Å². The molecule has 2 aliphatic rings. The molecule has 1 saturated carbocycles. The minimum atomic E-state index is -0.260. The lowest BCUT2D eigenvalue weighted by molar-refractivity contribution is -0.117. The van der Waals surface area contributed by atoms with Crippen molar-refractivity contribution in [1.29, 1.82) is 0 Å². The fourth-order valence-corrected chi connectivity index (χ4v) is 5.06. The Labute approximate surface area is 190 Å². The van der Waals surface area contributed by atoms with Gasteiger partial charge in [0.05, 0.1) is 13.2 Å². The Morgan fingerprint density at radius 3 is 2.94 bits per heavy atom. The summed E-state index contributed by atoms with van der Waals surface area (Å²) in [5.74, 6) is 1.82. The summed E-state index contributed by atoms with van der Waals surface area (Å²) < 4.78 is 22.3. The zero-order valence-corrected chi connectivity index (χ0v) is 19.5. The van der Waals surface area contributed by atoms with Gasteiger partial charge in [-0.05, 0) is 62.1 Å². The van der Waals surface area contributed by atoms with E-state index in [1.165, 1.54) is 12.8 Å². The molecule has 1 aliphatic carbocycles. The first-order valence-electron chi connectivity index (χ1n) is 11.5. The molecule has 1 amide bonds. The van der Waals surface area contributed by atoms with Crippen LogP contribution in [0, 0.1) is 11.7 Å². The number of likely N-dealkylation sites (N-methyl/N-ethyl adjacent to an activating group) is 1. The van der Waals surface area contributed by atoms with Crippen LogP contribution in [-0.4, -0.2) is 54.7 Å². The quantitative estimate of drug-likeness (QED) is 0.238. The smallest absolute Gasteiger partial charge is 0.210 e. The van der Waals surface area contributed by atoms with Crippen LogP contribution < -0.4 is 10.1 Å². The molecule has 0 aromatic heterocycles. The van der Waals surface area contributed by atoms with E-state index in [1.807, 2.05) is 31.1 Å². The van der Waals surface area contributed by atoms with Gasteiger partial charge in [-0.15, -0.1) is 0 Å². The van der Waals surface area contributed by atoms with Gasteiger partial charge >= 0.3 is 0 Å². The largest absolute Gasteiger partial charge is 0.490 e. The van der Waals surface area contributed by atoms with Crippen LogP contribution >= 0.6 is 11.9 Å². The van der Waals surface area contributed by atoms with Gasteiger partial charge in [-0.25, -0.2) is 8.70 Å². The summed E-state index contributed by atoms with van der Waals surface area (Å²) in [6.45, 7) is 6.90. The molecule has 1 N–H and O–H groups in total. The number of carbonyl (C=O) groups excluding carboxylic acids is 1. The SMILES string of the molecule is C=C(CN(C=O)CCCCCSN1CCCC1c1ccc(F)c(OCC2CC2)c1)NC. The fraction of sp³-hybridized carbons (Fsp3) is 0.625. The number of unbranched alkanes of at least 4 members (excludes halogenated alkanes) is 2. The second kappa shape index (κ2) is 12.3. The second-order valence-corrected chi connectivity index (χ2v) is 9.70. The van der Waals surface area contributed by atoms with Crippen LogP contribution in [0.3, 0.4) is 0 Å². The number of benzene rings is 1. The average molecular weight is 450 g/mol. The molecular formula is C24H36FN3O2S. The van der Waals surface area contributed by atoms with Crippen LogP contribution in [0.2, 0.25) is 0 Å². The minimum Gasteiger partial charge on any atom is -0.490 e. The van der Waals surface area contributed by atoms with Crippen molar-refractivity contribution < 1.29 is 13.9 Å². The molecule has 1 heterocycles. The van der Waals surface area contributed by atoms with E-state index in [1.54, 1.807) is 11.0 Å². The highest BCUT2D eigenvalue weighted by molar-refractivity contribution is 7.97. The van der Waals surface area contributed by atoms with E-state index < -0.39 is 0 Å². The Morgan fingerprint density at radius 2 is 2.19 bits per heavy atom. The average Bonchev–Trinajstić information content (AvgIpc) is 3.50. The third kappa shape index (κ3) is 7.72. The van der Waals surface area contributed by atoms with E-state index in [0.29, 0.717) is 30.9 Å². The van der Waals surface area contributed by atoms with Crippen molar-refractivity contribution in [2.75, 3.05) is 39.0 Å². The maximum atomic E-state index is 14.1. The third-order valence-corrected chi connectivity index (χ3v) is 7.20. The normalized spacial score (nSPS) is 18.7. The van der Waals surface area contributed by atoms with Gasteiger partial charge in [-0.2, -0.15) is 0 Å². The molecule has 31 heavy (non-hydrogen) atoms. The molecule has 5 nitrogen and oxygen atoms in total. The predicted molar refractivity (Wildman–Crippen MR) is 125 cm³/mol. The van der Waals surface area contributed by atoms with Crippen LogP contribution in [0.1, 0.15) is 56.6 Å². The Kier molecular flexibility index (Phi) is 9.53. The number of rotatable bonds is 15. The third-order valence-electron chi connectivity index (χ3n) is 5.96. The van der Waals surface area contributed by atoms with E-state index in [2.05, 4.69) is 16.2 Å². The maximum absolute atomic E-state index is 14.1. The fourth-order valence-electron chi connectivity index (χ4n) is 3.83.